The van der Waals surface area contributed by atoms with Gasteiger partial charge in [0.1, 0.15) is 23.8 Å². The van der Waals surface area contributed by atoms with Crippen LogP contribution in [0.4, 0.5) is 27.4 Å². The quantitative estimate of drug-likeness (QED) is 0.726. The maximum Gasteiger partial charge on any atom is 0.146 e. The zero-order chi connectivity index (χ0) is 18.6. The first kappa shape index (κ1) is 17.5. The molecule has 1 aliphatic heterocycles. The summed E-state index contributed by atoms with van der Waals surface area (Å²) in [5, 5.41) is 3.76. The summed E-state index contributed by atoms with van der Waals surface area (Å²) in [5.41, 5.74) is 1.53. The van der Waals surface area contributed by atoms with Crippen LogP contribution >= 0.6 is 11.6 Å². The second-order valence-corrected chi connectivity index (χ2v) is 6.76. The summed E-state index contributed by atoms with van der Waals surface area (Å²) < 4.78 is 13.8. The molecule has 0 bridgehead atoms. The molecule has 7 heteroatoms. The zero-order valence-electron chi connectivity index (χ0n) is 14.6. The van der Waals surface area contributed by atoms with Gasteiger partial charge in [-0.1, -0.05) is 29.8 Å². The van der Waals surface area contributed by atoms with Crippen LogP contribution in [0, 0.1) is 5.82 Å². The van der Waals surface area contributed by atoms with Gasteiger partial charge in [-0.3, -0.25) is 0 Å². The summed E-state index contributed by atoms with van der Waals surface area (Å²) in [7, 11) is 0. The number of rotatable bonds is 4. The highest BCUT2D eigenvalue weighted by Gasteiger charge is 2.19. The van der Waals surface area contributed by atoms with Gasteiger partial charge in [-0.2, -0.15) is 0 Å². The molecule has 0 spiro atoms. The maximum absolute atomic E-state index is 13.8. The van der Waals surface area contributed by atoms with Crippen LogP contribution in [-0.4, -0.2) is 36.1 Å². The van der Waals surface area contributed by atoms with E-state index in [9.17, 15) is 4.39 Å². The van der Waals surface area contributed by atoms with Crippen molar-refractivity contribution in [2.45, 2.75) is 0 Å². The highest BCUT2D eigenvalue weighted by Crippen LogP contribution is 2.24. The number of para-hydroxylation sites is 1. The van der Waals surface area contributed by atoms with Gasteiger partial charge in [-0.25, -0.2) is 14.4 Å². The second kappa shape index (κ2) is 7.80. The SMILES string of the molecule is Fc1ccccc1Nc1cc(N2CCN(c3cccc(Cl)c3)CC2)ncn1. The summed E-state index contributed by atoms with van der Waals surface area (Å²) in [5.74, 6) is 1.09. The Hall–Kier alpha value is -2.86. The highest BCUT2D eigenvalue weighted by atomic mass is 35.5. The van der Waals surface area contributed by atoms with Crippen molar-refractivity contribution in [1.82, 2.24) is 9.97 Å². The van der Waals surface area contributed by atoms with Crippen molar-refractivity contribution in [3.63, 3.8) is 0 Å². The Morgan fingerprint density at radius 2 is 1.67 bits per heavy atom. The average molecular weight is 384 g/mol. The Morgan fingerprint density at radius 3 is 2.44 bits per heavy atom. The number of hydrogen-bond acceptors (Lipinski definition) is 5. The van der Waals surface area contributed by atoms with Gasteiger partial charge in [0, 0.05) is 43.0 Å². The number of benzene rings is 2. The molecule has 1 aromatic heterocycles. The van der Waals surface area contributed by atoms with E-state index in [0.717, 1.165) is 42.7 Å². The molecule has 0 unspecified atom stereocenters. The summed E-state index contributed by atoms with van der Waals surface area (Å²) in [4.78, 5) is 13.1. The predicted molar refractivity (Wildman–Crippen MR) is 108 cm³/mol. The van der Waals surface area contributed by atoms with Crippen LogP contribution in [0.25, 0.3) is 0 Å². The molecule has 27 heavy (non-hydrogen) atoms. The highest BCUT2D eigenvalue weighted by molar-refractivity contribution is 6.30. The van der Waals surface area contributed by atoms with Crippen LogP contribution in [0.2, 0.25) is 5.02 Å². The number of piperazine rings is 1. The van der Waals surface area contributed by atoms with Crippen LogP contribution in [0.3, 0.4) is 0 Å². The van der Waals surface area contributed by atoms with Crippen molar-refractivity contribution in [2.24, 2.45) is 0 Å². The lowest BCUT2D eigenvalue weighted by molar-refractivity contribution is 0.631. The number of halogens is 2. The zero-order valence-corrected chi connectivity index (χ0v) is 15.4. The third-order valence-corrected chi connectivity index (χ3v) is 4.80. The van der Waals surface area contributed by atoms with E-state index in [1.807, 2.05) is 24.3 Å². The van der Waals surface area contributed by atoms with Crippen molar-refractivity contribution >= 4 is 34.6 Å². The average Bonchev–Trinajstić information content (AvgIpc) is 2.70. The fraction of sp³-hybridized carbons (Fsp3) is 0.200. The Kier molecular flexibility index (Phi) is 5.07. The standard InChI is InChI=1S/C20H19ClFN5/c21-15-4-3-5-16(12-15)26-8-10-27(11-9-26)20-13-19(23-14-24-20)25-18-7-2-1-6-17(18)22/h1-7,12-14H,8-11H2,(H,23,24,25). The molecule has 5 nitrogen and oxygen atoms in total. The van der Waals surface area contributed by atoms with E-state index >= 15 is 0 Å². The molecule has 0 saturated carbocycles. The first-order valence-electron chi connectivity index (χ1n) is 8.78. The van der Waals surface area contributed by atoms with E-state index in [4.69, 9.17) is 11.6 Å². The third-order valence-electron chi connectivity index (χ3n) is 4.57. The van der Waals surface area contributed by atoms with Crippen LogP contribution in [0.5, 0.6) is 0 Å². The van der Waals surface area contributed by atoms with Gasteiger partial charge in [0.05, 0.1) is 5.69 Å². The lowest BCUT2D eigenvalue weighted by Gasteiger charge is -2.36. The number of nitrogens with zero attached hydrogens (tertiary/aromatic N) is 4. The van der Waals surface area contributed by atoms with Crippen LogP contribution in [-0.2, 0) is 0 Å². The van der Waals surface area contributed by atoms with Crippen molar-refractivity contribution in [2.75, 3.05) is 41.3 Å². The molecule has 0 aliphatic carbocycles. The van der Waals surface area contributed by atoms with Gasteiger partial charge in [0.15, 0.2) is 0 Å². The minimum absolute atomic E-state index is 0.312. The molecule has 0 amide bonds. The molecule has 0 atom stereocenters. The maximum atomic E-state index is 13.8. The van der Waals surface area contributed by atoms with E-state index in [0.29, 0.717) is 11.5 Å². The molecule has 3 aromatic rings. The molecular formula is C20H19ClFN5. The lowest BCUT2D eigenvalue weighted by atomic mass is 10.2. The Morgan fingerprint density at radius 1 is 0.889 bits per heavy atom. The van der Waals surface area contributed by atoms with Crippen LogP contribution in [0.15, 0.2) is 60.9 Å². The monoisotopic (exact) mass is 383 g/mol. The van der Waals surface area contributed by atoms with E-state index in [2.05, 4.69) is 31.2 Å². The Labute approximate surface area is 162 Å². The van der Waals surface area contributed by atoms with E-state index in [-0.39, 0.29) is 5.82 Å². The second-order valence-electron chi connectivity index (χ2n) is 6.32. The third kappa shape index (κ3) is 4.11. The molecule has 138 valence electrons. The molecule has 1 saturated heterocycles. The lowest BCUT2D eigenvalue weighted by Crippen LogP contribution is -2.46. The van der Waals surface area contributed by atoms with Crippen molar-refractivity contribution in [3.05, 3.63) is 71.8 Å². The first-order chi connectivity index (χ1) is 13.2. The first-order valence-corrected chi connectivity index (χ1v) is 9.16. The van der Waals surface area contributed by atoms with E-state index < -0.39 is 0 Å². The molecule has 0 radical (unpaired) electrons. The predicted octanol–water partition coefficient (Wildman–Crippen LogP) is 4.34. The molecular weight excluding hydrogens is 365 g/mol. The molecule has 2 heterocycles. The van der Waals surface area contributed by atoms with Crippen LogP contribution < -0.4 is 15.1 Å². The normalized spacial score (nSPS) is 14.3. The van der Waals surface area contributed by atoms with Gasteiger partial charge in [-0.15, -0.1) is 0 Å². The molecule has 4 rings (SSSR count). The summed E-state index contributed by atoms with van der Waals surface area (Å²) in [6.07, 6.45) is 1.50. The van der Waals surface area contributed by atoms with Gasteiger partial charge in [-0.05, 0) is 30.3 Å². The molecule has 1 aliphatic rings. The summed E-state index contributed by atoms with van der Waals surface area (Å²) in [6, 6.07) is 16.3. The number of nitrogens with one attached hydrogen (secondary N) is 1. The summed E-state index contributed by atoms with van der Waals surface area (Å²) >= 11 is 6.10. The number of aromatic nitrogens is 2. The van der Waals surface area contributed by atoms with Gasteiger partial charge in [0.25, 0.3) is 0 Å². The van der Waals surface area contributed by atoms with Gasteiger partial charge >= 0.3 is 0 Å². The molecule has 2 aromatic carbocycles. The molecule has 1 N–H and O–H groups in total. The fourth-order valence-electron chi connectivity index (χ4n) is 3.16. The van der Waals surface area contributed by atoms with Crippen LogP contribution in [0.1, 0.15) is 0 Å². The minimum Gasteiger partial charge on any atom is -0.368 e. The largest absolute Gasteiger partial charge is 0.368 e. The van der Waals surface area contributed by atoms with Gasteiger partial charge < -0.3 is 15.1 Å². The Balaban J connectivity index is 1.43. The van der Waals surface area contributed by atoms with E-state index in [1.54, 1.807) is 18.2 Å². The van der Waals surface area contributed by atoms with E-state index in [1.165, 1.54) is 12.4 Å². The fourth-order valence-corrected chi connectivity index (χ4v) is 3.34. The topological polar surface area (TPSA) is 44.3 Å². The minimum atomic E-state index is -0.312. The number of hydrogen-bond donors (Lipinski definition) is 1. The summed E-state index contributed by atoms with van der Waals surface area (Å²) in [6.45, 7) is 3.42. The van der Waals surface area contributed by atoms with Crippen molar-refractivity contribution < 1.29 is 4.39 Å². The Bertz CT molecular complexity index is 928. The number of anilines is 4. The molecule has 1 fully saturated rings. The van der Waals surface area contributed by atoms with Crippen molar-refractivity contribution in [3.8, 4) is 0 Å². The smallest absolute Gasteiger partial charge is 0.146 e. The van der Waals surface area contributed by atoms with Crippen molar-refractivity contribution in [1.29, 1.82) is 0 Å². The van der Waals surface area contributed by atoms with Gasteiger partial charge in [0.2, 0.25) is 0 Å².